The molecule has 5 nitrogen and oxygen atoms in total. The first-order valence-corrected chi connectivity index (χ1v) is 6.84. The number of methoxy groups -OCH3 is 2. The fourth-order valence-corrected chi connectivity index (χ4v) is 2.52. The van der Waals surface area contributed by atoms with Crippen LogP contribution in [0.4, 0.5) is 0 Å². The highest BCUT2D eigenvalue weighted by atomic mass is 35.5. The third kappa shape index (κ3) is 3.40. The van der Waals surface area contributed by atoms with Crippen molar-refractivity contribution in [2.75, 3.05) is 14.2 Å². The lowest BCUT2D eigenvalue weighted by molar-refractivity contribution is 0.0606. The normalized spacial score (nSPS) is 10.2. The smallest absolute Gasteiger partial charge is 0.351 e. The molecule has 0 atom stereocenters. The number of benzene rings is 1. The zero-order valence-electron chi connectivity index (χ0n) is 10.9. The lowest BCUT2D eigenvalue weighted by Crippen LogP contribution is -1.98. The third-order valence-electron chi connectivity index (χ3n) is 2.43. The minimum atomic E-state index is -0.524. The molecule has 0 amide bonds. The fraction of sp³-hybridized carbons (Fsp3) is 0.231. The van der Waals surface area contributed by atoms with Gasteiger partial charge in [-0.25, -0.2) is 4.79 Å². The van der Waals surface area contributed by atoms with Crippen molar-refractivity contribution in [2.24, 2.45) is 0 Å². The molecule has 2 rings (SSSR count). The molecule has 0 aliphatic rings. The molecule has 0 radical (unpaired) electrons. The molecule has 0 aliphatic carbocycles. The highest BCUT2D eigenvalue weighted by Crippen LogP contribution is 2.29. The highest BCUT2D eigenvalue weighted by Gasteiger charge is 2.18. The van der Waals surface area contributed by atoms with Crippen LogP contribution in [0.15, 0.2) is 24.3 Å². The zero-order valence-corrected chi connectivity index (χ0v) is 12.5. The SMILES string of the molecule is COC(=O)c1sc(OCc2cccc(OC)c2)nc1Cl. The Morgan fingerprint density at radius 3 is 2.90 bits per heavy atom. The van der Waals surface area contributed by atoms with Crippen LogP contribution in [0.3, 0.4) is 0 Å². The Bertz CT molecular complexity index is 614. The molecule has 1 aromatic heterocycles. The predicted octanol–water partition coefficient (Wildman–Crippen LogP) is 3.17. The maximum absolute atomic E-state index is 11.4. The van der Waals surface area contributed by atoms with Gasteiger partial charge in [-0.05, 0) is 17.7 Å². The average Bonchev–Trinajstić information content (AvgIpc) is 2.85. The molecule has 0 unspecified atom stereocenters. The first-order chi connectivity index (χ1) is 9.63. The van der Waals surface area contributed by atoms with Crippen LogP contribution in [0.2, 0.25) is 5.15 Å². The van der Waals surface area contributed by atoms with E-state index >= 15 is 0 Å². The van der Waals surface area contributed by atoms with Crippen molar-refractivity contribution < 1.29 is 19.0 Å². The van der Waals surface area contributed by atoms with Gasteiger partial charge in [-0.3, -0.25) is 0 Å². The Balaban J connectivity index is 2.05. The second-order valence-electron chi connectivity index (χ2n) is 3.73. The average molecular weight is 314 g/mol. The minimum absolute atomic E-state index is 0.0856. The van der Waals surface area contributed by atoms with Crippen LogP contribution in [0, 0.1) is 0 Å². The van der Waals surface area contributed by atoms with Crippen molar-refractivity contribution in [2.45, 2.75) is 6.61 Å². The summed E-state index contributed by atoms with van der Waals surface area (Å²) in [6.07, 6.45) is 0. The quantitative estimate of drug-likeness (QED) is 0.794. The number of esters is 1. The van der Waals surface area contributed by atoms with E-state index in [0.29, 0.717) is 11.8 Å². The Labute approximate surface area is 125 Å². The summed E-state index contributed by atoms with van der Waals surface area (Å²) < 4.78 is 15.2. The predicted molar refractivity (Wildman–Crippen MR) is 75.8 cm³/mol. The third-order valence-corrected chi connectivity index (χ3v) is 3.77. The van der Waals surface area contributed by atoms with Crippen molar-refractivity contribution in [3.05, 3.63) is 39.9 Å². The molecule has 0 spiro atoms. The zero-order chi connectivity index (χ0) is 14.5. The summed E-state index contributed by atoms with van der Waals surface area (Å²) in [7, 11) is 2.89. The van der Waals surface area contributed by atoms with Crippen LogP contribution >= 0.6 is 22.9 Å². The van der Waals surface area contributed by atoms with E-state index in [-0.39, 0.29) is 10.0 Å². The molecule has 0 N–H and O–H groups in total. The Morgan fingerprint density at radius 1 is 1.40 bits per heavy atom. The van der Waals surface area contributed by atoms with E-state index in [1.807, 2.05) is 24.3 Å². The van der Waals surface area contributed by atoms with Gasteiger partial charge < -0.3 is 14.2 Å². The topological polar surface area (TPSA) is 57.7 Å². The van der Waals surface area contributed by atoms with Crippen LogP contribution < -0.4 is 9.47 Å². The number of carbonyl (C=O) groups excluding carboxylic acids is 1. The number of hydrogen-bond donors (Lipinski definition) is 0. The summed E-state index contributed by atoms with van der Waals surface area (Å²) in [5, 5.41) is 0.403. The van der Waals surface area contributed by atoms with Crippen molar-refractivity contribution in [1.29, 1.82) is 0 Å². The largest absolute Gasteiger partial charge is 0.497 e. The number of ether oxygens (including phenoxy) is 3. The molecule has 0 saturated heterocycles. The number of hydrogen-bond acceptors (Lipinski definition) is 6. The van der Waals surface area contributed by atoms with Gasteiger partial charge in [0.1, 0.15) is 12.4 Å². The molecule has 0 fully saturated rings. The molecule has 1 heterocycles. The molecule has 0 bridgehead atoms. The van der Waals surface area contributed by atoms with Gasteiger partial charge in [-0.1, -0.05) is 35.1 Å². The second-order valence-corrected chi connectivity index (χ2v) is 5.05. The lowest BCUT2D eigenvalue weighted by Gasteiger charge is -2.04. The molecular weight excluding hydrogens is 302 g/mol. The van der Waals surface area contributed by atoms with Gasteiger partial charge in [0.25, 0.3) is 5.19 Å². The highest BCUT2D eigenvalue weighted by molar-refractivity contribution is 7.15. The standard InChI is InChI=1S/C13H12ClNO4S/c1-17-9-5-3-4-8(6-9)7-19-13-15-11(14)10(20-13)12(16)18-2/h3-6H,7H2,1-2H3. The molecule has 0 saturated carbocycles. The first-order valence-electron chi connectivity index (χ1n) is 5.64. The van der Waals surface area contributed by atoms with Crippen LogP contribution in [0.1, 0.15) is 15.2 Å². The van der Waals surface area contributed by atoms with E-state index in [0.717, 1.165) is 22.6 Å². The monoisotopic (exact) mass is 313 g/mol. The fourth-order valence-electron chi connectivity index (χ4n) is 1.47. The molecule has 1 aromatic carbocycles. The summed E-state index contributed by atoms with van der Waals surface area (Å²) >= 11 is 6.90. The van der Waals surface area contributed by atoms with E-state index in [2.05, 4.69) is 9.72 Å². The number of aromatic nitrogens is 1. The summed E-state index contributed by atoms with van der Waals surface area (Å²) in [6, 6.07) is 7.47. The first kappa shape index (κ1) is 14.6. The molecule has 20 heavy (non-hydrogen) atoms. The number of nitrogens with zero attached hydrogens (tertiary/aromatic N) is 1. The number of rotatable bonds is 5. The molecular formula is C13H12ClNO4S. The van der Waals surface area contributed by atoms with E-state index < -0.39 is 5.97 Å². The van der Waals surface area contributed by atoms with Crippen LogP contribution in [0.25, 0.3) is 0 Å². The van der Waals surface area contributed by atoms with Crippen LogP contribution in [0.5, 0.6) is 10.9 Å². The Hall–Kier alpha value is -1.79. The molecule has 2 aromatic rings. The van der Waals surface area contributed by atoms with Gasteiger partial charge in [0.15, 0.2) is 10.0 Å². The van der Waals surface area contributed by atoms with Crippen LogP contribution in [-0.2, 0) is 11.3 Å². The minimum Gasteiger partial charge on any atom is -0.497 e. The van der Waals surface area contributed by atoms with Gasteiger partial charge in [0, 0.05) is 0 Å². The molecule has 7 heteroatoms. The lowest BCUT2D eigenvalue weighted by atomic mass is 10.2. The summed E-state index contributed by atoms with van der Waals surface area (Å²) in [5.41, 5.74) is 0.926. The summed E-state index contributed by atoms with van der Waals surface area (Å²) in [4.78, 5) is 15.6. The Morgan fingerprint density at radius 2 is 2.20 bits per heavy atom. The van der Waals surface area contributed by atoms with Crippen molar-refractivity contribution in [1.82, 2.24) is 4.98 Å². The molecule has 0 aliphatic heterocycles. The van der Waals surface area contributed by atoms with Crippen molar-refractivity contribution >= 4 is 28.9 Å². The van der Waals surface area contributed by atoms with Gasteiger partial charge in [-0.2, -0.15) is 4.98 Å². The van der Waals surface area contributed by atoms with E-state index in [1.165, 1.54) is 7.11 Å². The van der Waals surface area contributed by atoms with E-state index in [1.54, 1.807) is 7.11 Å². The van der Waals surface area contributed by atoms with E-state index in [4.69, 9.17) is 21.1 Å². The summed E-state index contributed by atoms with van der Waals surface area (Å²) in [5.74, 6) is 0.224. The van der Waals surface area contributed by atoms with Gasteiger partial charge >= 0.3 is 5.97 Å². The van der Waals surface area contributed by atoms with Gasteiger partial charge in [0.05, 0.1) is 14.2 Å². The molecule has 106 valence electrons. The van der Waals surface area contributed by atoms with Crippen molar-refractivity contribution in [3.63, 3.8) is 0 Å². The van der Waals surface area contributed by atoms with Crippen LogP contribution in [-0.4, -0.2) is 25.2 Å². The second kappa shape index (κ2) is 6.58. The van der Waals surface area contributed by atoms with Crippen molar-refractivity contribution in [3.8, 4) is 10.9 Å². The number of halogens is 1. The van der Waals surface area contributed by atoms with E-state index in [9.17, 15) is 4.79 Å². The summed E-state index contributed by atoms with van der Waals surface area (Å²) in [6.45, 7) is 0.307. The van der Waals surface area contributed by atoms with Gasteiger partial charge in [0.2, 0.25) is 0 Å². The number of carbonyl (C=O) groups is 1. The maximum atomic E-state index is 11.4. The maximum Gasteiger partial charge on any atom is 0.351 e. The Kier molecular flexibility index (Phi) is 4.81. The van der Waals surface area contributed by atoms with Gasteiger partial charge in [-0.15, -0.1) is 0 Å². The number of thiazole rings is 1.